The van der Waals surface area contributed by atoms with Crippen LogP contribution in [0.25, 0.3) is 10.9 Å². The Morgan fingerprint density at radius 3 is 2.48 bits per heavy atom. The number of aromatic amines is 1. The molecule has 0 spiro atoms. The molecule has 1 saturated heterocycles. The highest BCUT2D eigenvalue weighted by Gasteiger charge is 2.45. The molecule has 2 aliphatic rings. The SMILES string of the molecule is CN1C(=O)C[C@@H](N2CCc3c([nH]c4ccccc34)[C@@H]2c2ccccc2)C1=O. The highest BCUT2D eigenvalue weighted by molar-refractivity contribution is 6.05. The topological polar surface area (TPSA) is 56.4 Å². The molecule has 27 heavy (non-hydrogen) atoms. The number of imide groups is 1. The molecule has 0 bridgehead atoms. The maximum absolute atomic E-state index is 12.7. The summed E-state index contributed by atoms with van der Waals surface area (Å²) < 4.78 is 0. The summed E-state index contributed by atoms with van der Waals surface area (Å²) in [5, 5.41) is 1.25. The zero-order chi connectivity index (χ0) is 18.5. The fourth-order valence-electron chi connectivity index (χ4n) is 4.58. The minimum Gasteiger partial charge on any atom is -0.357 e. The first-order chi connectivity index (χ1) is 13.1. The molecule has 2 aromatic carbocycles. The number of rotatable bonds is 2. The van der Waals surface area contributed by atoms with Crippen molar-refractivity contribution in [1.82, 2.24) is 14.8 Å². The summed E-state index contributed by atoms with van der Waals surface area (Å²) in [7, 11) is 1.58. The van der Waals surface area contributed by atoms with Crippen LogP contribution in [0.4, 0.5) is 0 Å². The molecule has 1 fully saturated rings. The molecule has 1 N–H and O–H groups in total. The van der Waals surface area contributed by atoms with Crippen LogP contribution in [0.5, 0.6) is 0 Å². The first-order valence-corrected chi connectivity index (χ1v) is 9.35. The van der Waals surface area contributed by atoms with Gasteiger partial charge in [0.05, 0.1) is 18.5 Å². The van der Waals surface area contributed by atoms with Crippen LogP contribution in [0.3, 0.4) is 0 Å². The number of carbonyl (C=O) groups is 2. The zero-order valence-corrected chi connectivity index (χ0v) is 15.2. The molecule has 2 aliphatic heterocycles. The van der Waals surface area contributed by atoms with Crippen molar-refractivity contribution in [3.05, 3.63) is 71.4 Å². The van der Waals surface area contributed by atoms with Crippen molar-refractivity contribution in [2.75, 3.05) is 13.6 Å². The summed E-state index contributed by atoms with van der Waals surface area (Å²) in [6, 6.07) is 18.1. The highest BCUT2D eigenvalue weighted by Crippen LogP contribution is 2.40. The third-order valence-corrected chi connectivity index (χ3v) is 5.95. The van der Waals surface area contributed by atoms with Crippen LogP contribution in [-0.4, -0.2) is 46.2 Å². The number of nitrogens with zero attached hydrogens (tertiary/aromatic N) is 2. The molecular formula is C22H21N3O2. The minimum absolute atomic E-state index is 0.0596. The number of likely N-dealkylation sites (N-methyl/N-ethyl adjacent to an activating group) is 1. The highest BCUT2D eigenvalue weighted by atomic mass is 16.2. The number of aromatic nitrogens is 1. The van der Waals surface area contributed by atoms with Crippen LogP contribution in [0.2, 0.25) is 0 Å². The van der Waals surface area contributed by atoms with Crippen LogP contribution in [0.1, 0.15) is 29.3 Å². The number of carbonyl (C=O) groups excluding carboxylic acids is 2. The van der Waals surface area contributed by atoms with Crippen LogP contribution in [0.15, 0.2) is 54.6 Å². The van der Waals surface area contributed by atoms with Crippen molar-refractivity contribution in [1.29, 1.82) is 0 Å². The van der Waals surface area contributed by atoms with Crippen molar-refractivity contribution in [2.24, 2.45) is 0 Å². The van der Waals surface area contributed by atoms with Gasteiger partial charge in [-0.2, -0.15) is 0 Å². The lowest BCUT2D eigenvalue weighted by Gasteiger charge is -2.39. The fraction of sp³-hybridized carbons (Fsp3) is 0.273. The van der Waals surface area contributed by atoms with Gasteiger partial charge in [0.25, 0.3) is 0 Å². The van der Waals surface area contributed by atoms with Crippen molar-refractivity contribution >= 4 is 22.7 Å². The molecule has 5 nitrogen and oxygen atoms in total. The second-order valence-electron chi connectivity index (χ2n) is 7.37. The number of fused-ring (bicyclic) bond motifs is 3. The van der Waals surface area contributed by atoms with E-state index in [-0.39, 0.29) is 24.3 Å². The molecular weight excluding hydrogens is 338 g/mol. The first-order valence-electron chi connectivity index (χ1n) is 9.35. The molecule has 0 aliphatic carbocycles. The summed E-state index contributed by atoms with van der Waals surface area (Å²) in [6.07, 6.45) is 1.12. The maximum atomic E-state index is 12.7. The van der Waals surface area contributed by atoms with E-state index in [0.29, 0.717) is 0 Å². The number of nitrogens with one attached hydrogen (secondary N) is 1. The Hall–Kier alpha value is -2.92. The van der Waals surface area contributed by atoms with Crippen LogP contribution >= 0.6 is 0 Å². The zero-order valence-electron chi connectivity index (χ0n) is 15.2. The van der Waals surface area contributed by atoms with Gasteiger partial charge in [-0.05, 0) is 23.6 Å². The molecule has 2 amide bonds. The molecule has 136 valence electrons. The van der Waals surface area contributed by atoms with Gasteiger partial charge in [-0.15, -0.1) is 0 Å². The van der Waals surface area contributed by atoms with Gasteiger partial charge in [-0.25, -0.2) is 0 Å². The van der Waals surface area contributed by atoms with E-state index in [4.69, 9.17) is 0 Å². The van der Waals surface area contributed by atoms with Crippen molar-refractivity contribution in [3.63, 3.8) is 0 Å². The van der Waals surface area contributed by atoms with E-state index >= 15 is 0 Å². The predicted octanol–water partition coefficient (Wildman–Crippen LogP) is 2.87. The third kappa shape index (κ3) is 2.42. The lowest BCUT2D eigenvalue weighted by atomic mass is 9.90. The summed E-state index contributed by atoms with van der Waals surface area (Å²) in [5.41, 5.74) is 4.72. The van der Waals surface area contributed by atoms with Crippen LogP contribution in [-0.2, 0) is 16.0 Å². The van der Waals surface area contributed by atoms with E-state index in [1.54, 1.807) is 7.05 Å². The van der Waals surface area contributed by atoms with Gasteiger partial charge < -0.3 is 4.98 Å². The molecule has 2 atom stereocenters. The summed E-state index contributed by atoms with van der Waals surface area (Å²) in [5.74, 6) is -0.195. The Morgan fingerprint density at radius 2 is 1.74 bits per heavy atom. The Balaban J connectivity index is 1.67. The van der Waals surface area contributed by atoms with E-state index in [1.165, 1.54) is 15.8 Å². The summed E-state index contributed by atoms with van der Waals surface area (Å²) >= 11 is 0. The van der Waals surface area contributed by atoms with E-state index in [1.807, 2.05) is 24.3 Å². The van der Waals surface area contributed by atoms with Gasteiger partial charge in [-0.3, -0.25) is 19.4 Å². The smallest absolute Gasteiger partial charge is 0.246 e. The predicted molar refractivity (Wildman–Crippen MR) is 103 cm³/mol. The molecule has 5 rings (SSSR count). The van der Waals surface area contributed by atoms with Gasteiger partial charge in [0.15, 0.2) is 0 Å². The van der Waals surface area contributed by atoms with E-state index in [2.05, 4.69) is 40.2 Å². The van der Waals surface area contributed by atoms with Crippen molar-refractivity contribution < 1.29 is 9.59 Å². The standard InChI is InChI=1S/C22H21N3O2/c1-24-19(26)13-18(22(24)27)25-12-11-16-15-9-5-6-10-17(15)23-20(16)21(25)14-7-3-2-4-8-14/h2-10,18,21,23H,11-13H2,1H3/t18-,21+/m1/s1. The maximum Gasteiger partial charge on any atom is 0.246 e. The molecule has 0 saturated carbocycles. The Labute approximate surface area is 157 Å². The number of likely N-dealkylation sites (tertiary alicyclic amines) is 1. The quantitative estimate of drug-likeness (QED) is 0.716. The molecule has 1 aromatic heterocycles. The van der Waals surface area contributed by atoms with E-state index in [0.717, 1.165) is 29.7 Å². The molecule has 0 unspecified atom stereocenters. The number of para-hydroxylation sites is 1. The third-order valence-electron chi connectivity index (χ3n) is 5.95. The average molecular weight is 359 g/mol. The second kappa shape index (κ2) is 6.06. The molecule has 5 heteroatoms. The van der Waals surface area contributed by atoms with Crippen molar-refractivity contribution in [3.8, 4) is 0 Å². The van der Waals surface area contributed by atoms with E-state index < -0.39 is 6.04 Å². The number of H-pyrrole nitrogens is 1. The average Bonchev–Trinajstić information content (AvgIpc) is 3.20. The van der Waals surface area contributed by atoms with Crippen LogP contribution < -0.4 is 0 Å². The first kappa shape index (κ1) is 16.3. The normalized spacial score (nSPS) is 23.2. The lowest BCUT2D eigenvalue weighted by Crippen LogP contribution is -2.46. The number of benzene rings is 2. The lowest BCUT2D eigenvalue weighted by molar-refractivity contribution is -0.138. The van der Waals surface area contributed by atoms with Crippen molar-refractivity contribution in [2.45, 2.75) is 24.9 Å². The Bertz CT molecular complexity index is 1040. The largest absolute Gasteiger partial charge is 0.357 e. The molecule has 3 aromatic rings. The number of amides is 2. The van der Waals surface area contributed by atoms with E-state index in [9.17, 15) is 9.59 Å². The number of hydrogen-bond acceptors (Lipinski definition) is 3. The fourth-order valence-corrected chi connectivity index (χ4v) is 4.58. The minimum atomic E-state index is -0.396. The van der Waals surface area contributed by atoms with Gasteiger partial charge >= 0.3 is 0 Å². The Morgan fingerprint density at radius 1 is 1.00 bits per heavy atom. The molecule has 3 heterocycles. The van der Waals surface area contributed by atoms with Gasteiger partial charge in [0.1, 0.15) is 0 Å². The Kier molecular flexibility index (Phi) is 3.65. The van der Waals surface area contributed by atoms with Gasteiger partial charge in [0, 0.05) is 30.2 Å². The molecule has 0 radical (unpaired) electrons. The van der Waals surface area contributed by atoms with Gasteiger partial charge in [0.2, 0.25) is 11.8 Å². The van der Waals surface area contributed by atoms with Gasteiger partial charge in [-0.1, -0.05) is 48.5 Å². The summed E-state index contributed by atoms with van der Waals surface area (Å²) in [6.45, 7) is 0.756. The summed E-state index contributed by atoms with van der Waals surface area (Å²) in [4.78, 5) is 31.9. The second-order valence-corrected chi connectivity index (χ2v) is 7.37. The monoisotopic (exact) mass is 359 g/mol. The number of hydrogen-bond donors (Lipinski definition) is 1. The van der Waals surface area contributed by atoms with Crippen LogP contribution in [0, 0.1) is 0 Å².